The molecule has 0 radical (unpaired) electrons. The van der Waals surface area contributed by atoms with Crippen LogP contribution in [0.25, 0.3) is 0 Å². The fourth-order valence-electron chi connectivity index (χ4n) is 2.13. The van der Waals surface area contributed by atoms with Gasteiger partial charge in [-0.15, -0.1) is 0 Å². The molecule has 0 aromatic heterocycles. The quantitative estimate of drug-likeness (QED) is 0.506. The molecule has 0 aromatic rings. The Hall–Kier alpha value is -0.180. The summed E-state index contributed by atoms with van der Waals surface area (Å²) < 4.78 is 25.3. The molecule has 2 N–H and O–H groups in total. The zero-order valence-corrected chi connectivity index (χ0v) is 5.82. The third-order valence-electron chi connectivity index (χ3n) is 2.81. The van der Waals surface area contributed by atoms with Crippen LogP contribution < -0.4 is 5.32 Å². The normalized spacial score (nSPS) is 43.8. The number of hydrogen-bond acceptors (Lipinski definition) is 0. The fraction of sp³-hybridized carbons (Fsp3) is 1.00. The van der Waals surface area contributed by atoms with Crippen molar-refractivity contribution >= 4 is 0 Å². The third kappa shape index (κ3) is 0.764. The van der Waals surface area contributed by atoms with E-state index in [1.54, 1.807) is 0 Å². The predicted octanol–water partition coefficient (Wildman–Crippen LogP) is 0.225. The van der Waals surface area contributed by atoms with Gasteiger partial charge in [0.25, 0.3) is 5.92 Å². The van der Waals surface area contributed by atoms with Gasteiger partial charge in [0.15, 0.2) is 0 Å². The zero-order chi connectivity index (χ0) is 7.19. The van der Waals surface area contributed by atoms with E-state index in [1.165, 1.54) is 0 Å². The lowest BCUT2D eigenvalue weighted by atomic mass is 9.67. The van der Waals surface area contributed by atoms with E-state index in [4.69, 9.17) is 0 Å². The molecule has 1 aliphatic heterocycles. The average Bonchev–Trinajstić information content (AvgIpc) is 1.86. The number of fused-ring (bicyclic) bond motifs is 1. The summed E-state index contributed by atoms with van der Waals surface area (Å²) in [5, 5.41) is 2.01. The zero-order valence-electron chi connectivity index (χ0n) is 5.82. The lowest BCUT2D eigenvalue weighted by molar-refractivity contribution is -0.681. The maximum atomic E-state index is 12.7. The van der Waals surface area contributed by atoms with E-state index in [2.05, 4.69) is 0 Å². The molecule has 0 bridgehead atoms. The molecule has 2 atom stereocenters. The lowest BCUT2D eigenvalue weighted by Gasteiger charge is -2.45. The van der Waals surface area contributed by atoms with Crippen LogP contribution in [0.15, 0.2) is 0 Å². The minimum Gasteiger partial charge on any atom is -0.346 e. The summed E-state index contributed by atoms with van der Waals surface area (Å²) in [5.74, 6) is -2.26. The predicted molar refractivity (Wildman–Crippen MR) is 32.8 cm³/mol. The Kier molecular flexibility index (Phi) is 1.24. The van der Waals surface area contributed by atoms with Crippen molar-refractivity contribution in [2.24, 2.45) is 11.8 Å². The minimum atomic E-state index is -2.32. The van der Waals surface area contributed by atoms with E-state index >= 15 is 0 Å². The summed E-state index contributed by atoms with van der Waals surface area (Å²) in [6, 6.07) is 0. The number of quaternary nitrogens is 1. The van der Waals surface area contributed by atoms with E-state index < -0.39 is 5.92 Å². The summed E-state index contributed by atoms with van der Waals surface area (Å²) in [7, 11) is 0. The molecule has 1 nitrogen and oxygen atoms in total. The second-order valence-corrected chi connectivity index (χ2v) is 3.43. The number of alkyl halides is 2. The SMILES string of the molecule is FC1(F)CC2CC[NH2+]CC21. The summed E-state index contributed by atoms with van der Waals surface area (Å²) in [5.41, 5.74) is 0. The van der Waals surface area contributed by atoms with Crippen molar-refractivity contribution in [2.45, 2.75) is 18.8 Å². The fourth-order valence-corrected chi connectivity index (χ4v) is 2.13. The van der Waals surface area contributed by atoms with Gasteiger partial charge in [-0.2, -0.15) is 0 Å². The van der Waals surface area contributed by atoms with Crippen LogP contribution in [-0.2, 0) is 0 Å². The highest BCUT2D eigenvalue weighted by Crippen LogP contribution is 2.49. The van der Waals surface area contributed by atoms with Gasteiger partial charge in [0.2, 0.25) is 0 Å². The van der Waals surface area contributed by atoms with Crippen LogP contribution in [-0.4, -0.2) is 19.0 Å². The van der Waals surface area contributed by atoms with Crippen LogP contribution in [0.3, 0.4) is 0 Å². The molecule has 1 heterocycles. The molecule has 0 spiro atoms. The van der Waals surface area contributed by atoms with E-state index in [1.807, 2.05) is 5.32 Å². The third-order valence-corrected chi connectivity index (χ3v) is 2.81. The first-order valence-electron chi connectivity index (χ1n) is 3.89. The van der Waals surface area contributed by atoms with Crippen molar-refractivity contribution in [3.05, 3.63) is 0 Å². The Bertz CT molecular complexity index is 147. The van der Waals surface area contributed by atoms with Crippen LogP contribution in [0.2, 0.25) is 0 Å². The van der Waals surface area contributed by atoms with Crippen molar-refractivity contribution in [1.82, 2.24) is 0 Å². The van der Waals surface area contributed by atoms with Gasteiger partial charge >= 0.3 is 0 Å². The van der Waals surface area contributed by atoms with Gasteiger partial charge in [-0.25, -0.2) is 8.78 Å². The summed E-state index contributed by atoms with van der Waals surface area (Å²) in [6.45, 7) is 1.70. The maximum Gasteiger partial charge on any atom is 0.256 e. The van der Waals surface area contributed by atoms with Gasteiger partial charge in [-0.3, -0.25) is 0 Å². The van der Waals surface area contributed by atoms with Crippen molar-refractivity contribution in [3.63, 3.8) is 0 Å². The second-order valence-electron chi connectivity index (χ2n) is 3.43. The Morgan fingerprint density at radius 2 is 2.20 bits per heavy atom. The maximum absolute atomic E-state index is 12.7. The Balaban J connectivity index is 2.01. The molecule has 0 amide bonds. The average molecular weight is 148 g/mol. The van der Waals surface area contributed by atoms with Gasteiger partial charge in [0.05, 0.1) is 19.0 Å². The first-order chi connectivity index (χ1) is 4.70. The number of piperidine rings is 1. The number of halogens is 2. The van der Waals surface area contributed by atoms with Gasteiger partial charge in [0.1, 0.15) is 0 Å². The molecule has 58 valence electrons. The molecule has 10 heavy (non-hydrogen) atoms. The molecule has 3 heteroatoms. The molecular weight excluding hydrogens is 136 g/mol. The Morgan fingerprint density at radius 1 is 1.40 bits per heavy atom. The van der Waals surface area contributed by atoms with Crippen molar-refractivity contribution in [3.8, 4) is 0 Å². The summed E-state index contributed by atoms with van der Waals surface area (Å²) >= 11 is 0. The van der Waals surface area contributed by atoms with Gasteiger partial charge in [-0.1, -0.05) is 0 Å². The van der Waals surface area contributed by atoms with Crippen molar-refractivity contribution < 1.29 is 14.1 Å². The molecule has 2 unspecified atom stereocenters. The molecule has 2 aliphatic rings. The Labute approximate surface area is 58.8 Å². The van der Waals surface area contributed by atoms with Crippen LogP contribution in [0.1, 0.15) is 12.8 Å². The highest BCUT2D eigenvalue weighted by molar-refractivity contribution is 4.95. The smallest absolute Gasteiger partial charge is 0.256 e. The van der Waals surface area contributed by atoms with E-state index in [0.717, 1.165) is 13.0 Å². The van der Waals surface area contributed by atoms with Crippen LogP contribution in [0.5, 0.6) is 0 Å². The van der Waals surface area contributed by atoms with Crippen LogP contribution in [0, 0.1) is 11.8 Å². The number of nitrogens with two attached hydrogens (primary N) is 1. The minimum absolute atomic E-state index is 0.158. The largest absolute Gasteiger partial charge is 0.346 e. The molecule has 0 aromatic carbocycles. The molecule has 1 aliphatic carbocycles. The second kappa shape index (κ2) is 1.91. The highest BCUT2D eigenvalue weighted by atomic mass is 19.3. The van der Waals surface area contributed by atoms with E-state index in [-0.39, 0.29) is 12.3 Å². The molecule has 1 saturated heterocycles. The summed E-state index contributed by atoms with van der Waals surface area (Å²) in [6.07, 6.45) is 1.16. The van der Waals surface area contributed by atoms with E-state index in [0.29, 0.717) is 12.5 Å². The first-order valence-corrected chi connectivity index (χ1v) is 3.89. The number of hydrogen-bond donors (Lipinski definition) is 1. The monoisotopic (exact) mass is 148 g/mol. The topological polar surface area (TPSA) is 16.6 Å². The van der Waals surface area contributed by atoms with Gasteiger partial charge in [0, 0.05) is 12.8 Å². The van der Waals surface area contributed by atoms with Gasteiger partial charge < -0.3 is 5.32 Å². The van der Waals surface area contributed by atoms with Crippen LogP contribution in [0.4, 0.5) is 8.78 Å². The van der Waals surface area contributed by atoms with Crippen LogP contribution >= 0.6 is 0 Å². The molecule has 2 fully saturated rings. The lowest BCUT2D eigenvalue weighted by Crippen LogP contribution is -2.90. The highest BCUT2D eigenvalue weighted by Gasteiger charge is 2.57. The Morgan fingerprint density at radius 3 is 2.70 bits per heavy atom. The standard InChI is InChI=1S/C7H11F2N/c8-7(9)3-5-1-2-10-4-6(5)7/h5-6,10H,1-4H2/p+1. The molecule has 1 saturated carbocycles. The molecular formula is C7H12F2N+. The number of rotatable bonds is 0. The molecule has 2 rings (SSSR count). The van der Waals surface area contributed by atoms with Gasteiger partial charge in [-0.05, 0) is 5.92 Å². The van der Waals surface area contributed by atoms with Crippen molar-refractivity contribution in [2.75, 3.05) is 13.1 Å². The van der Waals surface area contributed by atoms with E-state index in [9.17, 15) is 8.78 Å². The first kappa shape index (κ1) is 6.53. The van der Waals surface area contributed by atoms with Crippen molar-refractivity contribution in [1.29, 1.82) is 0 Å². The summed E-state index contributed by atoms with van der Waals surface area (Å²) in [4.78, 5) is 0.